The third-order valence-electron chi connectivity index (χ3n) is 4.61. The van der Waals surface area contributed by atoms with Crippen LogP contribution in [0, 0.1) is 5.82 Å². The fraction of sp³-hybridized carbons (Fsp3) is 0.200. The van der Waals surface area contributed by atoms with Gasteiger partial charge in [-0.3, -0.25) is 4.79 Å². The SMILES string of the molecule is O=C(Nc1ccc(F)cc1)c1nnc([C@H]2CCCN2C(=O)Nc2cccc(Cl)c2)s1. The van der Waals surface area contributed by atoms with Gasteiger partial charge in [0.2, 0.25) is 5.01 Å². The number of likely N-dealkylation sites (tertiary alicyclic amines) is 1. The predicted octanol–water partition coefficient (Wildman–Crippen LogP) is 4.95. The van der Waals surface area contributed by atoms with Crippen molar-refractivity contribution in [2.75, 3.05) is 17.2 Å². The Labute approximate surface area is 180 Å². The van der Waals surface area contributed by atoms with Crippen LogP contribution in [0.2, 0.25) is 5.02 Å². The first-order valence-electron chi connectivity index (χ1n) is 9.23. The van der Waals surface area contributed by atoms with E-state index in [4.69, 9.17) is 11.6 Å². The van der Waals surface area contributed by atoms with Gasteiger partial charge in [0, 0.05) is 22.9 Å². The zero-order valence-electron chi connectivity index (χ0n) is 15.6. The van der Waals surface area contributed by atoms with Gasteiger partial charge in [-0.15, -0.1) is 10.2 Å². The Balaban J connectivity index is 1.44. The molecule has 1 fully saturated rings. The Hall–Kier alpha value is -3.04. The number of benzene rings is 2. The average molecular weight is 446 g/mol. The maximum Gasteiger partial charge on any atom is 0.322 e. The quantitative estimate of drug-likeness (QED) is 0.594. The normalized spacial score (nSPS) is 15.8. The zero-order valence-corrected chi connectivity index (χ0v) is 17.2. The van der Waals surface area contributed by atoms with Gasteiger partial charge in [0.1, 0.15) is 10.8 Å². The van der Waals surface area contributed by atoms with Gasteiger partial charge in [0.05, 0.1) is 6.04 Å². The molecule has 0 aliphatic carbocycles. The van der Waals surface area contributed by atoms with Crippen LogP contribution in [-0.4, -0.2) is 33.6 Å². The van der Waals surface area contributed by atoms with Crippen molar-refractivity contribution in [1.82, 2.24) is 15.1 Å². The lowest BCUT2D eigenvalue weighted by molar-refractivity contribution is 0.102. The Morgan fingerprint density at radius 1 is 1.10 bits per heavy atom. The summed E-state index contributed by atoms with van der Waals surface area (Å²) in [4.78, 5) is 26.8. The summed E-state index contributed by atoms with van der Waals surface area (Å²) in [6, 6.07) is 11.9. The van der Waals surface area contributed by atoms with Gasteiger partial charge in [-0.2, -0.15) is 0 Å². The number of carbonyl (C=O) groups is 2. The molecule has 0 radical (unpaired) electrons. The molecule has 1 aliphatic heterocycles. The third kappa shape index (κ3) is 4.58. The van der Waals surface area contributed by atoms with Crippen LogP contribution in [0.25, 0.3) is 0 Å². The molecule has 3 aromatic rings. The van der Waals surface area contributed by atoms with Gasteiger partial charge >= 0.3 is 6.03 Å². The molecule has 154 valence electrons. The Kier molecular flexibility index (Phi) is 5.91. The number of aromatic nitrogens is 2. The van der Waals surface area contributed by atoms with E-state index < -0.39 is 5.91 Å². The molecule has 4 rings (SSSR count). The largest absolute Gasteiger partial charge is 0.322 e. The van der Waals surface area contributed by atoms with Crippen LogP contribution in [0.1, 0.15) is 33.7 Å². The highest BCUT2D eigenvalue weighted by Crippen LogP contribution is 2.34. The number of hydrogen-bond acceptors (Lipinski definition) is 5. The van der Waals surface area contributed by atoms with Crippen LogP contribution in [0.4, 0.5) is 20.6 Å². The first-order chi connectivity index (χ1) is 14.5. The summed E-state index contributed by atoms with van der Waals surface area (Å²) in [5.41, 5.74) is 1.07. The number of nitrogens with zero attached hydrogens (tertiary/aromatic N) is 3. The van der Waals surface area contributed by atoms with Gasteiger partial charge in [0.15, 0.2) is 0 Å². The minimum Gasteiger partial charge on any atom is -0.320 e. The highest BCUT2D eigenvalue weighted by atomic mass is 35.5. The lowest BCUT2D eigenvalue weighted by Crippen LogP contribution is -2.34. The summed E-state index contributed by atoms with van der Waals surface area (Å²) in [7, 11) is 0. The smallest absolute Gasteiger partial charge is 0.320 e. The Morgan fingerprint density at radius 2 is 1.90 bits per heavy atom. The molecule has 2 aromatic carbocycles. The number of halogens is 2. The highest BCUT2D eigenvalue weighted by Gasteiger charge is 2.33. The molecule has 10 heteroatoms. The molecule has 0 unspecified atom stereocenters. The fourth-order valence-corrected chi connectivity index (χ4v) is 4.28. The molecule has 1 aliphatic rings. The summed E-state index contributed by atoms with van der Waals surface area (Å²) in [6.07, 6.45) is 1.56. The third-order valence-corrected chi connectivity index (χ3v) is 5.87. The van der Waals surface area contributed by atoms with E-state index in [0.717, 1.165) is 24.2 Å². The van der Waals surface area contributed by atoms with E-state index in [1.807, 2.05) is 0 Å². The summed E-state index contributed by atoms with van der Waals surface area (Å²) < 4.78 is 13.0. The summed E-state index contributed by atoms with van der Waals surface area (Å²) >= 11 is 7.11. The van der Waals surface area contributed by atoms with Gasteiger partial charge in [-0.1, -0.05) is 29.0 Å². The molecule has 1 saturated heterocycles. The molecule has 2 N–H and O–H groups in total. The number of carbonyl (C=O) groups excluding carboxylic acids is 2. The number of urea groups is 1. The fourth-order valence-electron chi connectivity index (χ4n) is 3.21. The standard InChI is InChI=1S/C20H17ClFN5O2S/c21-12-3-1-4-15(11-12)24-20(29)27-10-2-5-16(27)18-25-26-19(30-18)17(28)23-14-8-6-13(22)7-9-14/h1,3-4,6-9,11,16H,2,5,10H2,(H,23,28)(H,24,29)/t16-/m1/s1. The summed E-state index contributed by atoms with van der Waals surface area (Å²) in [6.45, 7) is 0.577. The monoisotopic (exact) mass is 445 g/mol. The zero-order chi connectivity index (χ0) is 21.1. The van der Waals surface area contributed by atoms with Gasteiger partial charge in [-0.05, 0) is 55.3 Å². The summed E-state index contributed by atoms with van der Waals surface area (Å²) in [5.74, 6) is -0.818. The van der Waals surface area contributed by atoms with Crippen LogP contribution in [0.5, 0.6) is 0 Å². The van der Waals surface area contributed by atoms with Crippen LogP contribution >= 0.6 is 22.9 Å². The van der Waals surface area contributed by atoms with Crippen LogP contribution in [0.15, 0.2) is 48.5 Å². The molecular formula is C20H17ClFN5O2S. The minimum atomic E-state index is -0.432. The van der Waals surface area contributed by atoms with Gasteiger partial charge in [0.25, 0.3) is 5.91 Å². The van der Waals surface area contributed by atoms with Crippen LogP contribution in [0.3, 0.4) is 0 Å². The Morgan fingerprint density at radius 3 is 2.67 bits per heavy atom. The highest BCUT2D eigenvalue weighted by molar-refractivity contribution is 7.13. The van der Waals surface area contributed by atoms with E-state index in [1.54, 1.807) is 29.2 Å². The second kappa shape index (κ2) is 8.76. The molecule has 0 bridgehead atoms. The number of hydrogen-bond donors (Lipinski definition) is 2. The van der Waals surface area contributed by atoms with Crippen molar-refractivity contribution >= 4 is 46.3 Å². The van der Waals surface area contributed by atoms with E-state index in [1.165, 1.54) is 24.3 Å². The molecule has 3 amide bonds. The van der Waals surface area contributed by atoms with E-state index in [-0.39, 0.29) is 22.9 Å². The topological polar surface area (TPSA) is 87.2 Å². The Bertz CT molecular complexity index is 1080. The lowest BCUT2D eigenvalue weighted by Gasteiger charge is -2.23. The molecule has 2 heterocycles. The van der Waals surface area contributed by atoms with Crippen molar-refractivity contribution in [3.63, 3.8) is 0 Å². The van der Waals surface area contributed by atoms with Gasteiger partial charge in [-0.25, -0.2) is 9.18 Å². The van der Waals surface area contributed by atoms with Crippen molar-refractivity contribution in [2.24, 2.45) is 0 Å². The predicted molar refractivity (Wildman–Crippen MR) is 113 cm³/mol. The van der Waals surface area contributed by atoms with E-state index in [2.05, 4.69) is 20.8 Å². The second-order valence-electron chi connectivity index (χ2n) is 6.70. The summed E-state index contributed by atoms with van der Waals surface area (Å²) in [5, 5.41) is 14.9. The van der Waals surface area contributed by atoms with Crippen molar-refractivity contribution in [3.8, 4) is 0 Å². The van der Waals surface area contributed by atoms with Crippen molar-refractivity contribution in [3.05, 3.63) is 69.4 Å². The maximum absolute atomic E-state index is 13.0. The second-order valence-corrected chi connectivity index (χ2v) is 8.14. The van der Waals surface area contributed by atoms with E-state index in [9.17, 15) is 14.0 Å². The van der Waals surface area contributed by atoms with Gasteiger partial charge < -0.3 is 15.5 Å². The molecular weight excluding hydrogens is 429 g/mol. The molecule has 0 spiro atoms. The van der Waals surface area contributed by atoms with Crippen LogP contribution in [-0.2, 0) is 0 Å². The first-order valence-corrected chi connectivity index (χ1v) is 10.4. The van der Waals surface area contributed by atoms with E-state index >= 15 is 0 Å². The molecule has 7 nitrogen and oxygen atoms in total. The van der Waals surface area contributed by atoms with Crippen molar-refractivity contribution < 1.29 is 14.0 Å². The molecule has 1 aromatic heterocycles. The lowest BCUT2D eigenvalue weighted by atomic mass is 10.2. The van der Waals surface area contributed by atoms with Crippen molar-refractivity contribution in [1.29, 1.82) is 0 Å². The maximum atomic E-state index is 13.0. The average Bonchev–Trinajstić information content (AvgIpc) is 3.39. The number of nitrogens with one attached hydrogen (secondary N) is 2. The van der Waals surface area contributed by atoms with Crippen LogP contribution < -0.4 is 10.6 Å². The van der Waals surface area contributed by atoms with Crippen molar-refractivity contribution in [2.45, 2.75) is 18.9 Å². The first kappa shape index (κ1) is 20.2. The molecule has 0 saturated carbocycles. The minimum absolute atomic E-state index is 0.177. The number of rotatable bonds is 4. The molecule has 1 atom stereocenters. The number of anilines is 2. The molecule has 30 heavy (non-hydrogen) atoms. The number of amides is 3. The van der Waals surface area contributed by atoms with E-state index in [0.29, 0.717) is 27.9 Å².